The van der Waals surface area contributed by atoms with E-state index in [9.17, 15) is 13.2 Å². The zero-order valence-electron chi connectivity index (χ0n) is 12.8. The van der Waals surface area contributed by atoms with Gasteiger partial charge in [0.2, 0.25) is 10.0 Å². The van der Waals surface area contributed by atoms with E-state index in [4.69, 9.17) is 5.73 Å². The Labute approximate surface area is 122 Å². The summed E-state index contributed by atoms with van der Waals surface area (Å²) in [7, 11) is -3.14. The summed E-state index contributed by atoms with van der Waals surface area (Å²) >= 11 is 0. The van der Waals surface area contributed by atoms with Gasteiger partial charge in [0, 0.05) is 32.0 Å². The third-order valence-electron chi connectivity index (χ3n) is 3.94. The summed E-state index contributed by atoms with van der Waals surface area (Å²) in [6.45, 7) is 5.61. The lowest BCUT2D eigenvalue weighted by Gasteiger charge is -2.31. The number of sulfonamides is 1. The Balaban J connectivity index is 2.56. The van der Waals surface area contributed by atoms with Gasteiger partial charge in [-0.3, -0.25) is 4.79 Å². The van der Waals surface area contributed by atoms with Gasteiger partial charge in [-0.25, -0.2) is 12.7 Å². The van der Waals surface area contributed by atoms with E-state index in [1.807, 2.05) is 0 Å². The monoisotopic (exact) mass is 304 g/mol. The van der Waals surface area contributed by atoms with E-state index < -0.39 is 10.0 Å². The van der Waals surface area contributed by atoms with Gasteiger partial charge in [0.15, 0.2) is 0 Å². The molecule has 0 bridgehead atoms. The van der Waals surface area contributed by atoms with Gasteiger partial charge >= 0.3 is 0 Å². The Morgan fingerprint density at radius 2 is 2.05 bits per heavy atom. The Kier molecular flexibility index (Phi) is 6.61. The number of rotatable bonds is 7. The Morgan fingerprint density at radius 1 is 1.40 bits per heavy atom. The number of carbonyl (C=O) groups excluding carboxylic acids is 1. The van der Waals surface area contributed by atoms with Crippen LogP contribution >= 0.6 is 0 Å². The molecule has 2 atom stereocenters. The minimum atomic E-state index is -3.14. The van der Waals surface area contributed by atoms with Crippen molar-refractivity contribution in [3.05, 3.63) is 0 Å². The molecule has 0 spiro atoms. The Morgan fingerprint density at radius 3 is 2.55 bits per heavy atom. The van der Waals surface area contributed by atoms with Gasteiger partial charge in [-0.05, 0) is 31.1 Å². The Bertz CT molecular complexity index is 420. The molecule has 0 radical (unpaired) electrons. The number of carbonyl (C=O) groups is 1. The van der Waals surface area contributed by atoms with E-state index in [1.165, 1.54) is 10.6 Å². The lowest BCUT2D eigenvalue weighted by molar-refractivity contribution is -0.124. The first-order chi connectivity index (χ1) is 9.24. The molecular weight excluding hydrogens is 276 g/mol. The maximum atomic E-state index is 12.3. The van der Waals surface area contributed by atoms with Gasteiger partial charge in [-0.2, -0.15) is 0 Å². The van der Waals surface area contributed by atoms with Crippen LogP contribution in [-0.2, 0) is 14.8 Å². The number of hydrogen-bond donors (Lipinski definition) is 1. The molecule has 0 saturated carbocycles. The molecule has 20 heavy (non-hydrogen) atoms. The highest BCUT2D eigenvalue weighted by atomic mass is 32.2. The second kappa shape index (κ2) is 7.52. The topological polar surface area (TPSA) is 80.5 Å². The van der Waals surface area contributed by atoms with Gasteiger partial charge in [0.1, 0.15) is 5.78 Å². The quantitative estimate of drug-likeness (QED) is 0.767. The van der Waals surface area contributed by atoms with Crippen LogP contribution in [0, 0.1) is 17.8 Å². The standard InChI is InChI=1S/C14H28N2O3S/c1-11(2)7-13(9-15)14(17)8-12-5-4-6-16(10-12)20(3,18)19/h11-13H,4-10,15H2,1-3H3. The number of nitrogens with zero attached hydrogens (tertiary/aromatic N) is 1. The molecule has 0 amide bonds. The summed E-state index contributed by atoms with van der Waals surface area (Å²) in [5, 5.41) is 0. The number of nitrogens with two attached hydrogens (primary N) is 1. The van der Waals surface area contributed by atoms with Crippen molar-refractivity contribution in [1.29, 1.82) is 0 Å². The second-order valence-electron chi connectivity index (χ2n) is 6.36. The van der Waals surface area contributed by atoms with Crippen molar-refractivity contribution in [3.63, 3.8) is 0 Å². The second-order valence-corrected chi connectivity index (χ2v) is 8.34. The van der Waals surface area contributed by atoms with Crippen LogP contribution in [0.25, 0.3) is 0 Å². The van der Waals surface area contributed by atoms with Crippen molar-refractivity contribution in [2.75, 3.05) is 25.9 Å². The molecule has 0 aromatic rings. The number of Topliss-reactive ketones (excluding diaryl/α,β-unsaturated/α-hetero) is 1. The van der Waals surface area contributed by atoms with E-state index >= 15 is 0 Å². The molecule has 1 aliphatic rings. The summed E-state index contributed by atoms with van der Waals surface area (Å²) in [5.41, 5.74) is 5.70. The Hall–Kier alpha value is -0.460. The van der Waals surface area contributed by atoms with Gasteiger partial charge in [0.25, 0.3) is 0 Å². The minimum Gasteiger partial charge on any atom is -0.330 e. The van der Waals surface area contributed by atoms with Crippen LogP contribution in [0.4, 0.5) is 0 Å². The van der Waals surface area contributed by atoms with Crippen molar-refractivity contribution in [2.45, 2.75) is 39.5 Å². The summed E-state index contributed by atoms with van der Waals surface area (Å²) in [5.74, 6) is 0.712. The van der Waals surface area contributed by atoms with Crippen molar-refractivity contribution >= 4 is 15.8 Å². The zero-order valence-corrected chi connectivity index (χ0v) is 13.7. The first-order valence-electron chi connectivity index (χ1n) is 7.42. The van der Waals surface area contributed by atoms with Crippen molar-refractivity contribution in [2.24, 2.45) is 23.5 Å². The van der Waals surface area contributed by atoms with Crippen LogP contribution in [0.1, 0.15) is 39.5 Å². The molecule has 1 heterocycles. The van der Waals surface area contributed by atoms with E-state index in [2.05, 4.69) is 13.8 Å². The normalized spacial score (nSPS) is 22.9. The molecule has 5 nitrogen and oxygen atoms in total. The minimum absolute atomic E-state index is 0.0800. The zero-order chi connectivity index (χ0) is 15.3. The smallest absolute Gasteiger partial charge is 0.211 e. The number of hydrogen-bond acceptors (Lipinski definition) is 4. The lowest BCUT2D eigenvalue weighted by Crippen LogP contribution is -2.40. The van der Waals surface area contributed by atoms with E-state index in [0.29, 0.717) is 32.0 Å². The van der Waals surface area contributed by atoms with Crippen molar-refractivity contribution < 1.29 is 13.2 Å². The number of piperidine rings is 1. The largest absolute Gasteiger partial charge is 0.330 e. The van der Waals surface area contributed by atoms with Crippen LogP contribution in [0.15, 0.2) is 0 Å². The van der Waals surface area contributed by atoms with Crippen molar-refractivity contribution in [1.82, 2.24) is 4.31 Å². The van der Waals surface area contributed by atoms with Gasteiger partial charge < -0.3 is 5.73 Å². The summed E-state index contributed by atoms with van der Waals surface area (Å²) in [4.78, 5) is 12.3. The first-order valence-corrected chi connectivity index (χ1v) is 9.26. The fraction of sp³-hybridized carbons (Fsp3) is 0.929. The van der Waals surface area contributed by atoms with Gasteiger partial charge in [-0.15, -0.1) is 0 Å². The van der Waals surface area contributed by atoms with Crippen LogP contribution in [-0.4, -0.2) is 44.4 Å². The molecule has 1 rings (SSSR count). The van der Waals surface area contributed by atoms with Crippen LogP contribution in [0.5, 0.6) is 0 Å². The molecular formula is C14H28N2O3S. The lowest BCUT2D eigenvalue weighted by atomic mass is 9.86. The van der Waals surface area contributed by atoms with Crippen LogP contribution in [0.2, 0.25) is 0 Å². The fourth-order valence-corrected chi connectivity index (χ4v) is 3.82. The van der Waals surface area contributed by atoms with Gasteiger partial charge in [0.05, 0.1) is 6.26 Å². The molecule has 1 aliphatic heterocycles. The predicted molar refractivity (Wildman–Crippen MR) is 80.8 cm³/mol. The van der Waals surface area contributed by atoms with Gasteiger partial charge in [-0.1, -0.05) is 13.8 Å². The van der Waals surface area contributed by atoms with Crippen LogP contribution in [0.3, 0.4) is 0 Å². The molecule has 0 aromatic heterocycles. The van der Waals surface area contributed by atoms with E-state index in [0.717, 1.165) is 19.3 Å². The van der Waals surface area contributed by atoms with E-state index in [1.54, 1.807) is 0 Å². The summed E-state index contributed by atoms with van der Waals surface area (Å²) in [6.07, 6.45) is 4.27. The maximum Gasteiger partial charge on any atom is 0.211 e. The summed E-state index contributed by atoms with van der Waals surface area (Å²) < 4.78 is 24.6. The van der Waals surface area contributed by atoms with Crippen LogP contribution < -0.4 is 5.73 Å². The fourth-order valence-electron chi connectivity index (χ4n) is 2.87. The predicted octanol–water partition coefficient (Wildman–Crippen LogP) is 1.24. The molecule has 6 heteroatoms. The third kappa shape index (κ3) is 5.50. The molecule has 2 N–H and O–H groups in total. The molecule has 2 unspecified atom stereocenters. The average molecular weight is 304 g/mol. The number of ketones is 1. The average Bonchev–Trinajstić information content (AvgIpc) is 2.34. The third-order valence-corrected chi connectivity index (χ3v) is 5.21. The molecule has 1 saturated heterocycles. The SMILES string of the molecule is CC(C)CC(CN)C(=O)CC1CCCN(S(C)(=O)=O)C1. The highest BCUT2D eigenvalue weighted by molar-refractivity contribution is 7.88. The van der Waals surface area contributed by atoms with E-state index in [-0.39, 0.29) is 17.6 Å². The van der Waals surface area contributed by atoms with Crippen molar-refractivity contribution in [3.8, 4) is 0 Å². The molecule has 118 valence electrons. The summed E-state index contributed by atoms with van der Waals surface area (Å²) in [6, 6.07) is 0. The molecule has 1 fully saturated rings. The maximum absolute atomic E-state index is 12.3. The first kappa shape index (κ1) is 17.6. The highest BCUT2D eigenvalue weighted by Crippen LogP contribution is 2.24. The highest BCUT2D eigenvalue weighted by Gasteiger charge is 2.29. The molecule has 0 aromatic carbocycles. The molecule has 0 aliphatic carbocycles.